The van der Waals surface area contributed by atoms with Crippen molar-refractivity contribution in [1.29, 1.82) is 0 Å². The molecule has 0 spiro atoms. The van der Waals surface area contributed by atoms with Gasteiger partial charge in [-0.2, -0.15) is 14.7 Å². The third-order valence-corrected chi connectivity index (χ3v) is 6.75. The lowest BCUT2D eigenvalue weighted by Crippen LogP contribution is -2.20. The summed E-state index contributed by atoms with van der Waals surface area (Å²) < 4.78 is 3.82. The summed E-state index contributed by atoms with van der Waals surface area (Å²) in [5.41, 5.74) is 10.5. The van der Waals surface area contributed by atoms with Crippen LogP contribution in [0.15, 0.2) is 48.8 Å². The van der Waals surface area contributed by atoms with Gasteiger partial charge in [-0.05, 0) is 50.5 Å². The normalized spacial score (nSPS) is 11.4. The smallest absolute Gasteiger partial charge is 0.165 e. The van der Waals surface area contributed by atoms with E-state index in [1.807, 2.05) is 61.5 Å². The average Bonchev–Trinajstić information content (AvgIpc) is 3.36. The maximum Gasteiger partial charge on any atom is 0.165 e. The van der Waals surface area contributed by atoms with Gasteiger partial charge in [-0.3, -0.25) is 4.68 Å². The highest BCUT2D eigenvalue weighted by molar-refractivity contribution is 5.83. The standard InChI is InChI=1S/C29H34N8/c1-18-13-25(34(5)6)30-15-24(18)27-21(4)32-37-26(14-20(3)31-29(27)37)35(7)17-22-9-11-23(12-10-22)28-19(2)16-36(8)33-28/h9-16H,17H2,1-8H3. The molecule has 4 heterocycles. The Morgan fingerprint density at radius 3 is 2.24 bits per heavy atom. The molecule has 0 unspecified atom stereocenters. The van der Waals surface area contributed by atoms with Crippen molar-refractivity contribution in [2.24, 2.45) is 7.05 Å². The zero-order valence-electron chi connectivity index (χ0n) is 22.9. The van der Waals surface area contributed by atoms with Crippen LogP contribution in [0.3, 0.4) is 0 Å². The zero-order chi connectivity index (χ0) is 26.4. The Morgan fingerprint density at radius 1 is 0.892 bits per heavy atom. The summed E-state index contributed by atoms with van der Waals surface area (Å²) in [6.07, 6.45) is 3.98. The average molecular weight is 495 g/mol. The van der Waals surface area contributed by atoms with Crippen LogP contribution in [0.1, 0.15) is 28.1 Å². The molecule has 4 aromatic heterocycles. The minimum absolute atomic E-state index is 0.742. The van der Waals surface area contributed by atoms with Gasteiger partial charge < -0.3 is 9.80 Å². The van der Waals surface area contributed by atoms with Gasteiger partial charge >= 0.3 is 0 Å². The second kappa shape index (κ2) is 9.35. The number of benzene rings is 1. The largest absolute Gasteiger partial charge is 0.363 e. The molecule has 0 bridgehead atoms. The fourth-order valence-electron chi connectivity index (χ4n) is 4.88. The molecule has 0 radical (unpaired) electrons. The second-order valence-electron chi connectivity index (χ2n) is 10.1. The molecule has 5 aromatic rings. The molecule has 0 N–H and O–H groups in total. The predicted molar refractivity (Wildman–Crippen MR) is 150 cm³/mol. The number of hydrogen-bond donors (Lipinski definition) is 0. The van der Waals surface area contributed by atoms with Gasteiger partial charge in [0.25, 0.3) is 0 Å². The summed E-state index contributed by atoms with van der Waals surface area (Å²) in [6, 6.07) is 12.8. The van der Waals surface area contributed by atoms with E-state index in [0.29, 0.717) is 0 Å². The van der Waals surface area contributed by atoms with Crippen molar-refractivity contribution < 1.29 is 0 Å². The minimum Gasteiger partial charge on any atom is -0.363 e. The van der Waals surface area contributed by atoms with E-state index in [1.165, 1.54) is 11.1 Å². The maximum atomic E-state index is 4.92. The Bertz CT molecular complexity index is 1590. The number of pyridine rings is 1. The molecule has 8 heteroatoms. The van der Waals surface area contributed by atoms with Crippen molar-refractivity contribution in [3.8, 4) is 22.4 Å². The molecule has 0 aliphatic heterocycles. The molecule has 0 aliphatic rings. The van der Waals surface area contributed by atoms with Gasteiger partial charge in [0.1, 0.15) is 11.6 Å². The SMILES string of the molecule is Cc1cc(N(C)Cc2ccc(-c3nn(C)cc3C)cc2)n2nc(C)c(-c3cnc(N(C)C)cc3C)c2n1. The van der Waals surface area contributed by atoms with E-state index in [9.17, 15) is 0 Å². The predicted octanol–water partition coefficient (Wildman–Crippen LogP) is 5.13. The monoisotopic (exact) mass is 494 g/mol. The first-order chi connectivity index (χ1) is 17.6. The molecular formula is C29H34N8. The van der Waals surface area contributed by atoms with Crippen LogP contribution in [0, 0.1) is 27.7 Å². The molecule has 0 atom stereocenters. The van der Waals surface area contributed by atoms with E-state index in [-0.39, 0.29) is 0 Å². The Hall–Kier alpha value is -4.20. The molecule has 0 amide bonds. The highest BCUT2D eigenvalue weighted by atomic mass is 15.3. The topological polar surface area (TPSA) is 67.4 Å². The molecule has 190 valence electrons. The van der Waals surface area contributed by atoms with Crippen LogP contribution in [0.2, 0.25) is 0 Å². The Balaban J connectivity index is 1.49. The van der Waals surface area contributed by atoms with Crippen LogP contribution in [-0.2, 0) is 13.6 Å². The van der Waals surface area contributed by atoms with Crippen LogP contribution in [0.4, 0.5) is 11.6 Å². The quantitative estimate of drug-likeness (QED) is 0.326. The van der Waals surface area contributed by atoms with E-state index in [0.717, 1.165) is 63.2 Å². The maximum absolute atomic E-state index is 4.92. The number of nitrogens with zero attached hydrogens (tertiary/aromatic N) is 8. The van der Waals surface area contributed by atoms with Crippen molar-refractivity contribution >= 4 is 17.3 Å². The van der Waals surface area contributed by atoms with Gasteiger partial charge in [-0.15, -0.1) is 0 Å². The highest BCUT2D eigenvalue weighted by Crippen LogP contribution is 2.33. The fraction of sp³-hybridized carbons (Fsp3) is 0.310. The molecule has 37 heavy (non-hydrogen) atoms. The van der Waals surface area contributed by atoms with Crippen molar-refractivity contribution in [1.82, 2.24) is 29.4 Å². The first-order valence-corrected chi connectivity index (χ1v) is 12.4. The molecule has 0 fully saturated rings. The summed E-state index contributed by atoms with van der Waals surface area (Å²) in [5.74, 6) is 1.93. The Labute approximate surface area is 218 Å². The number of aryl methyl sites for hydroxylation is 5. The lowest BCUT2D eigenvalue weighted by Gasteiger charge is -2.21. The first kappa shape index (κ1) is 24.5. The summed E-state index contributed by atoms with van der Waals surface area (Å²) in [5, 5.41) is 9.52. The summed E-state index contributed by atoms with van der Waals surface area (Å²) in [4.78, 5) is 13.8. The second-order valence-corrected chi connectivity index (χ2v) is 10.1. The summed E-state index contributed by atoms with van der Waals surface area (Å²) >= 11 is 0. The minimum atomic E-state index is 0.742. The van der Waals surface area contributed by atoms with E-state index in [1.54, 1.807) is 0 Å². The van der Waals surface area contributed by atoms with E-state index < -0.39 is 0 Å². The van der Waals surface area contributed by atoms with Crippen molar-refractivity contribution in [3.63, 3.8) is 0 Å². The summed E-state index contributed by atoms with van der Waals surface area (Å²) in [6.45, 7) is 9.03. The fourth-order valence-corrected chi connectivity index (χ4v) is 4.88. The first-order valence-electron chi connectivity index (χ1n) is 12.4. The number of rotatable bonds is 6. The molecule has 0 saturated carbocycles. The Kier molecular flexibility index (Phi) is 6.19. The van der Waals surface area contributed by atoms with Crippen molar-refractivity contribution in [2.45, 2.75) is 34.2 Å². The van der Waals surface area contributed by atoms with Gasteiger partial charge in [-0.1, -0.05) is 24.3 Å². The van der Waals surface area contributed by atoms with Gasteiger partial charge in [0.15, 0.2) is 5.65 Å². The van der Waals surface area contributed by atoms with Crippen molar-refractivity contribution in [3.05, 3.63) is 76.9 Å². The molecular weight excluding hydrogens is 460 g/mol. The van der Waals surface area contributed by atoms with Gasteiger partial charge in [0.2, 0.25) is 0 Å². The van der Waals surface area contributed by atoms with Crippen LogP contribution >= 0.6 is 0 Å². The number of anilines is 2. The molecule has 1 aromatic carbocycles. The van der Waals surface area contributed by atoms with Crippen LogP contribution in [0.25, 0.3) is 28.0 Å². The van der Waals surface area contributed by atoms with Crippen LogP contribution < -0.4 is 9.80 Å². The van der Waals surface area contributed by atoms with E-state index in [4.69, 9.17) is 10.1 Å². The lowest BCUT2D eigenvalue weighted by molar-refractivity contribution is 0.770. The van der Waals surface area contributed by atoms with Gasteiger partial charge in [-0.25, -0.2) is 9.97 Å². The van der Waals surface area contributed by atoms with Crippen LogP contribution in [-0.4, -0.2) is 50.5 Å². The van der Waals surface area contributed by atoms with E-state index in [2.05, 4.69) is 72.3 Å². The van der Waals surface area contributed by atoms with Gasteiger partial charge in [0, 0.05) is 70.0 Å². The zero-order valence-corrected chi connectivity index (χ0v) is 22.9. The lowest BCUT2D eigenvalue weighted by atomic mass is 10.0. The number of fused-ring (bicyclic) bond motifs is 1. The van der Waals surface area contributed by atoms with Crippen molar-refractivity contribution in [2.75, 3.05) is 30.9 Å². The molecule has 0 saturated heterocycles. The number of aromatic nitrogens is 6. The van der Waals surface area contributed by atoms with Gasteiger partial charge in [0.05, 0.1) is 17.0 Å². The third-order valence-electron chi connectivity index (χ3n) is 6.75. The molecule has 5 rings (SSSR count). The van der Waals surface area contributed by atoms with Crippen LogP contribution in [0.5, 0.6) is 0 Å². The molecule has 8 nitrogen and oxygen atoms in total. The summed E-state index contributed by atoms with van der Waals surface area (Å²) in [7, 11) is 8.06. The third kappa shape index (κ3) is 4.55. The van der Waals surface area contributed by atoms with E-state index >= 15 is 0 Å². The highest BCUT2D eigenvalue weighted by Gasteiger charge is 2.20. The molecule has 0 aliphatic carbocycles. The Morgan fingerprint density at radius 2 is 1.62 bits per heavy atom. The number of hydrogen-bond acceptors (Lipinski definition) is 6.